The van der Waals surface area contributed by atoms with Crippen molar-refractivity contribution in [2.75, 3.05) is 12.5 Å². The molecule has 0 saturated carbocycles. The lowest BCUT2D eigenvalue weighted by Gasteiger charge is -2.11. The number of nitro benzene ring substituents is 1. The second-order valence-corrected chi connectivity index (χ2v) is 6.98. The standard InChI is InChI=1S/C23H21N5O4/c1-27-20-6-4-3-5-19(20)25-23(27)26-24-14-17-9-12-21(22(13-17)31-2)32-15-16-7-10-18(11-8-16)28(29)30/h3-14H,15H2,1-2H3,(H,25,26)/b24-14-. The number of hydrogen-bond acceptors (Lipinski definition) is 7. The molecule has 32 heavy (non-hydrogen) atoms. The Morgan fingerprint density at radius 1 is 1.12 bits per heavy atom. The molecule has 1 aromatic heterocycles. The highest BCUT2D eigenvalue weighted by Gasteiger charge is 2.08. The average Bonchev–Trinajstić information content (AvgIpc) is 3.14. The fourth-order valence-electron chi connectivity index (χ4n) is 3.17. The summed E-state index contributed by atoms with van der Waals surface area (Å²) in [6, 6.07) is 19.5. The summed E-state index contributed by atoms with van der Waals surface area (Å²) in [7, 11) is 3.49. The summed E-state index contributed by atoms with van der Waals surface area (Å²) in [6.07, 6.45) is 1.67. The van der Waals surface area contributed by atoms with Crippen LogP contribution in [-0.2, 0) is 13.7 Å². The second-order valence-electron chi connectivity index (χ2n) is 6.98. The molecule has 1 heterocycles. The zero-order valence-corrected chi connectivity index (χ0v) is 17.6. The van der Waals surface area contributed by atoms with Gasteiger partial charge in [0.25, 0.3) is 5.69 Å². The van der Waals surface area contributed by atoms with Gasteiger partial charge in [-0.1, -0.05) is 12.1 Å². The number of non-ortho nitro benzene ring substituents is 1. The van der Waals surface area contributed by atoms with Crippen molar-refractivity contribution >= 4 is 28.9 Å². The number of methoxy groups -OCH3 is 1. The van der Waals surface area contributed by atoms with Gasteiger partial charge in [-0.25, -0.2) is 10.4 Å². The summed E-state index contributed by atoms with van der Waals surface area (Å²) in [4.78, 5) is 14.8. The molecule has 4 aromatic rings. The molecule has 0 unspecified atom stereocenters. The zero-order valence-electron chi connectivity index (χ0n) is 17.6. The number of rotatable bonds is 8. The second kappa shape index (κ2) is 9.17. The summed E-state index contributed by atoms with van der Waals surface area (Å²) in [5.74, 6) is 1.75. The topological polar surface area (TPSA) is 104 Å². The maximum atomic E-state index is 10.8. The number of ether oxygens (including phenoxy) is 2. The molecule has 9 nitrogen and oxygen atoms in total. The number of para-hydroxylation sites is 2. The van der Waals surface area contributed by atoms with E-state index < -0.39 is 4.92 Å². The smallest absolute Gasteiger partial charge is 0.269 e. The molecule has 0 saturated heterocycles. The quantitative estimate of drug-likeness (QED) is 0.250. The number of fused-ring (bicyclic) bond motifs is 1. The van der Waals surface area contributed by atoms with Crippen LogP contribution in [0.25, 0.3) is 11.0 Å². The van der Waals surface area contributed by atoms with Crippen LogP contribution in [0.2, 0.25) is 0 Å². The van der Waals surface area contributed by atoms with Crippen LogP contribution in [0.3, 0.4) is 0 Å². The lowest BCUT2D eigenvalue weighted by molar-refractivity contribution is -0.384. The fourth-order valence-corrected chi connectivity index (χ4v) is 3.17. The van der Waals surface area contributed by atoms with E-state index in [0.29, 0.717) is 17.4 Å². The van der Waals surface area contributed by atoms with E-state index in [-0.39, 0.29) is 12.3 Å². The number of anilines is 1. The van der Waals surface area contributed by atoms with Crippen molar-refractivity contribution in [2.24, 2.45) is 12.1 Å². The maximum absolute atomic E-state index is 10.8. The third-order valence-corrected chi connectivity index (χ3v) is 4.89. The van der Waals surface area contributed by atoms with Gasteiger partial charge in [0.2, 0.25) is 5.95 Å². The Hall–Kier alpha value is -4.40. The first kappa shape index (κ1) is 20.9. The molecule has 0 aliphatic heterocycles. The van der Waals surface area contributed by atoms with Crippen LogP contribution in [0.5, 0.6) is 11.5 Å². The SMILES string of the molecule is COc1cc(/C=N\Nc2nc3ccccc3n2C)ccc1OCc1ccc([N+](=O)[O-])cc1. The van der Waals surface area contributed by atoms with E-state index in [4.69, 9.17) is 9.47 Å². The lowest BCUT2D eigenvalue weighted by atomic mass is 10.2. The van der Waals surface area contributed by atoms with Gasteiger partial charge < -0.3 is 14.0 Å². The molecule has 0 amide bonds. The molecule has 0 atom stereocenters. The van der Waals surface area contributed by atoms with Crippen molar-refractivity contribution in [1.82, 2.24) is 9.55 Å². The fraction of sp³-hybridized carbons (Fsp3) is 0.130. The van der Waals surface area contributed by atoms with Crippen LogP contribution in [-0.4, -0.2) is 27.8 Å². The number of benzene rings is 3. The highest BCUT2D eigenvalue weighted by Crippen LogP contribution is 2.28. The summed E-state index contributed by atoms with van der Waals surface area (Å²) in [6.45, 7) is 0.260. The molecule has 0 bridgehead atoms. The lowest BCUT2D eigenvalue weighted by Crippen LogP contribution is -2.00. The van der Waals surface area contributed by atoms with Gasteiger partial charge in [0.1, 0.15) is 6.61 Å². The minimum atomic E-state index is -0.432. The van der Waals surface area contributed by atoms with E-state index >= 15 is 0 Å². The third-order valence-electron chi connectivity index (χ3n) is 4.89. The minimum absolute atomic E-state index is 0.0437. The van der Waals surface area contributed by atoms with Gasteiger partial charge in [-0.2, -0.15) is 5.10 Å². The molecule has 0 radical (unpaired) electrons. The number of aryl methyl sites for hydroxylation is 1. The van der Waals surface area contributed by atoms with Crippen molar-refractivity contribution in [3.8, 4) is 11.5 Å². The summed E-state index contributed by atoms with van der Waals surface area (Å²) in [5.41, 5.74) is 6.55. The van der Waals surface area contributed by atoms with Gasteiger partial charge in [-0.05, 0) is 53.6 Å². The molecule has 0 fully saturated rings. The number of nitrogens with one attached hydrogen (secondary N) is 1. The first-order valence-electron chi connectivity index (χ1n) is 9.80. The van der Waals surface area contributed by atoms with E-state index in [1.165, 1.54) is 12.1 Å². The molecule has 0 aliphatic carbocycles. The molecule has 1 N–H and O–H groups in total. The van der Waals surface area contributed by atoms with Gasteiger partial charge in [0.05, 0.1) is 29.3 Å². The Bertz CT molecular complexity index is 1280. The first-order valence-corrected chi connectivity index (χ1v) is 9.80. The van der Waals surface area contributed by atoms with E-state index in [9.17, 15) is 10.1 Å². The third kappa shape index (κ3) is 4.51. The maximum Gasteiger partial charge on any atom is 0.269 e. The van der Waals surface area contributed by atoms with Crippen molar-refractivity contribution < 1.29 is 14.4 Å². The Labute approximate surface area is 184 Å². The molecule has 9 heteroatoms. The number of hydrazone groups is 1. The van der Waals surface area contributed by atoms with E-state index in [1.807, 2.05) is 48.0 Å². The largest absolute Gasteiger partial charge is 0.493 e. The zero-order chi connectivity index (χ0) is 22.5. The molecule has 0 aliphatic rings. The highest BCUT2D eigenvalue weighted by atomic mass is 16.6. The molecule has 3 aromatic carbocycles. The number of hydrogen-bond donors (Lipinski definition) is 1. The van der Waals surface area contributed by atoms with Crippen molar-refractivity contribution in [2.45, 2.75) is 6.61 Å². The molecular formula is C23H21N5O4. The average molecular weight is 431 g/mol. The first-order chi connectivity index (χ1) is 15.5. The number of aromatic nitrogens is 2. The van der Waals surface area contributed by atoms with Gasteiger partial charge in [0.15, 0.2) is 11.5 Å². The Morgan fingerprint density at radius 2 is 1.91 bits per heavy atom. The van der Waals surface area contributed by atoms with Crippen LogP contribution in [0.1, 0.15) is 11.1 Å². The number of nitrogens with zero attached hydrogens (tertiary/aromatic N) is 4. The van der Waals surface area contributed by atoms with E-state index in [0.717, 1.165) is 22.2 Å². The van der Waals surface area contributed by atoms with Crippen molar-refractivity contribution in [1.29, 1.82) is 0 Å². The van der Waals surface area contributed by atoms with Gasteiger partial charge in [-0.15, -0.1) is 0 Å². The van der Waals surface area contributed by atoms with Crippen LogP contribution >= 0.6 is 0 Å². The number of nitro groups is 1. The van der Waals surface area contributed by atoms with Crippen LogP contribution in [0, 0.1) is 10.1 Å². The molecule has 0 spiro atoms. The van der Waals surface area contributed by atoms with Crippen molar-refractivity contribution in [3.05, 3.63) is 88.0 Å². The molecule has 4 rings (SSSR count). The van der Waals surface area contributed by atoms with Crippen LogP contribution in [0.15, 0.2) is 71.8 Å². The van der Waals surface area contributed by atoms with E-state index in [2.05, 4.69) is 15.5 Å². The van der Waals surface area contributed by atoms with Crippen LogP contribution < -0.4 is 14.9 Å². The highest BCUT2D eigenvalue weighted by molar-refractivity contribution is 5.82. The monoisotopic (exact) mass is 431 g/mol. The van der Waals surface area contributed by atoms with Gasteiger partial charge >= 0.3 is 0 Å². The normalized spacial score (nSPS) is 11.1. The van der Waals surface area contributed by atoms with E-state index in [1.54, 1.807) is 31.5 Å². The predicted molar refractivity (Wildman–Crippen MR) is 122 cm³/mol. The Balaban J connectivity index is 1.42. The Kier molecular flexibility index (Phi) is 5.98. The van der Waals surface area contributed by atoms with Gasteiger partial charge in [0, 0.05) is 19.2 Å². The molecule has 162 valence electrons. The van der Waals surface area contributed by atoms with Crippen molar-refractivity contribution in [3.63, 3.8) is 0 Å². The summed E-state index contributed by atoms with van der Waals surface area (Å²) in [5, 5.41) is 15.0. The number of imidazole rings is 1. The minimum Gasteiger partial charge on any atom is -0.493 e. The van der Waals surface area contributed by atoms with Gasteiger partial charge in [-0.3, -0.25) is 10.1 Å². The Morgan fingerprint density at radius 3 is 2.62 bits per heavy atom. The summed E-state index contributed by atoms with van der Waals surface area (Å²) < 4.78 is 13.2. The van der Waals surface area contributed by atoms with Crippen LogP contribution in [0.4, 0.5) is 11.6 Å². The summed E-state index contributed by atoms with van der Waals surface area (Å²) >= 11 is 0. The predicted octanol–water partition coefficient (Wildman–Crippen LogP) is 4.52. The molecular weight excluding hydrogens is 410 g/mol.